The maximum absolute atomic E-state index is 14.7. The molecule has 10 rings (SSSR count). The highest BCUT2D eigenvalue weighted by Gasteiger charge is 2.31. The minimum Gasteiger partial charge on any atom is -0.619 e. The SMILES string of the molecule is Cc1oc(-c2ccccc2)nc1CCOc1ccc(C[C@H](Nc2ccccc2C(=O)c2ccncc2)C(=O)OC(=O)[C@H](Cc2ccc(OCCc3nc(-c4ccccc4)oc3C)cc2)Nc2ccccc2C(=O)c2cc[n+]([O-])cc2)cc1. The number of aromatic nitrogens is 4. The summed E-state index contributed by atoms with van der Waals surface area (Å²) in [5, 5.41) is 18.3. The topological polar surface area (TPSA) is 212 Å². The number of carbonyl (C=O) groups is 4. The first-order chi connectivity index (χ1) is 40.0. The lowest BCUT2D eigenvalue weighted by molar-refractivity contribution is -0.605. The highest BCUT2D eigenvalue weighted by atomic mass is 16.6. The molecular formula is C66H56N6O10. The third-order valence-electron chi connectivity index (χ3n) is 13.5. The number of oxazole rings is 2. The molecule has 0 spiro atoms. The summed E-state index contributed by atoms with van der Waals surface area (Å²) in [6.07, 6.45) is 6.52. The van der Waals surface area contributed by atoms with Crippen LogP contribution in [0.3, 0.4) is 0 Å². The van der Waals surface area contributed by atoms with Crippen LogP contribution in [0.4, 0.5) is 11.4 Å². The van der Waals surface area contributed by atoms with E-state index in [0.717, 1.165) is 22.5 Å². The van der Waals surface area contributed by atoms with E-state index in [2.05, 4.69) is 25.6 Å². The first-order valence-electron chi connectivity index (χ1n) is 26.6. The van der Waals surface area contributed by atoms with Crippen LogP contribution in [0.15, 0.2) is 216 Å². The van der Waals surface area contributed by atoms with Crippen LogP contribution in [-0.4, -0.2) is 63.8 Å². The summed E-state index contributed by atoms with van der Waals surface area (Å²) in [5.41, 5.74) is 6.44. The molecule has 0 aliphatic heterocycles. The van der Waals surface area contributed by atoms with Gasteiger partial charge in [-0.05, 0) is 110 Å². The molecule has 4 aromatic heterocycles. The van der Waals surface area contributed by atoms with Crippen molar-refractivity contribution in [1.82, 2.24) is 15.0 Å². The third-order valence-corrected chi connectivity index (χ3v) is 13.5. The molecule has 4 heterocycles. The Morgan fingerprint density at radius 1 is 0.512 bits per heavy atom. The molecule has 16 nitrogen and oxygen atoms in total. The van der Waals surface area contributed by atoms with E-state index in [9.17, 15) is 24.4 Å². The van der Waals surface area contributed by atoms with E-state index < -0.39 is 29.8 Å². The molecular weight excluding hydrogens is 1040 g/mol. The number of ketones is 2. The molecule has 16 heteroatoms. The number of hydrogen-bond acceptors (Lipinski definition) is 15. The van der Waals surface area contributed by atoms with Crippen molar-refractivity contribution in [3.05, 3.63) is 268 Å². The van der Waals surface area contributed by atoms with Gasteiger partial charge >= 0.3 is 11.9 Å². The molecule has 0 aliphatic rings. The summed E-state index contributed by atoms with van der Waals surface area (Å²) in [6, 6.07) is 50.7. The normalized spacial score (nSPS) is 11.7. The number of nitrogens with one attached hydrogen (secondary N) is 2. The number of esters is 2. The summed E-state index contributed by atoms with van der Waals surface area (Å²) in [5.74, 6) is 1.06. The van der Waals surface area contributed by atoms with E-state index in [4.69, 9.17) is 23.0 Å². The number of ether oxygens (including phenoxy) is 3. The first-order valence-corrected chi connectivity index (χ1v) is 26.6. The van der Waals surface area contributed by atoms with Crippen molar-refractivity contribution >= 4 is 34.9 Å². The minimum absolute atomic E-state index is 0.00404. The van der Waals surface area contributed by atoms with Gasteiger partial charge in [0, 0.05) is 95.0 Å². The molecule has 82 heavy (non-hydrogen) atoms. The number of nitrogens with zero attached hydrogens (tertiary/aromatic N) is 4. The highest BCUT2D eigenvalue weighted by Crippen LogP contribution is 2.27. The number of hydrogen-bond donors (Lipinski definition) is 2. The lowest BCUT2D eigenvalue weighted by Crippen LogP contribution is -2.40. The highest BCUT2D eigenvalue weighted by molar-refractivity contribution is 6.13. The quantitative estimate of drug-likeness (QED) is 0.0189. The average Bonchev–Trinajstić information content (AvgIpc) is 4.12. The first kappa shape index (κ1) is 54.9. The number of carbonyl (C=O) groups excluding carboxylic acids is 4. The lowest BCUT2D eigenvalue weighted by atomic mass is 10.00. The van der Waals surface area contributed by atoms with Crippen molar-refractivity contribution in [3.63, 3.8) is 0 Å². The van der Waals surface area contributed by atoms with Crippen LogP contribution in [0, 0.1) is 19.1 Å². The number of rotatable bonds is 24. The Morgan fingerprint density at radius 3 is 1.35 bits per heavy atom. The Morgan fingerprint density at radius 2 is 0.915 bits per heavy atom. The average molecular weight is 1090 g/mol. The van der Waals surface area contributed by atoms with Crippen LogP contribution in [-0.2, 0) is 40.0 Å². The molecule has 10 aromatic rings. The number of para-hydroxylation sites is 2. The predicted molar refractivity (Wildman–Crippen MR) is 307 cm³/mol. The largest absolute Gasteiger partial charge is 0.619 e. The van der Waals surface area contributed by atoms with Crippen molar-refractivity contribution in [1.29, 1.82) is 0 Å². The van der Waals surface area contributed by atoms with E-state index in [1.807, 2.05) is 86.6 Å². The standard InChI is InChI=1S/C66H56N6O10/c1-43-55(70-63(80-43)49-13-5-3-6-14-49)33-39-78-51-25-21-45(22-26-51)41-59(68-57-19-11-9-17-53(57)61(73)47-29-35-67-36-30-47)65(75)82-66(76)60(69-58-20-12-10-18-54(58)62(74)48-31-37-72(77)38-32-48)42-46-23-27-52(28-24-46)79-40-34-56-44(2)81-64(71-56)50-15-7-4-8-16-50/h3-32,35-38,59-60,68-69H,33-34,39-42H2,1-2H3/t59-,60-/m0/s1. The smallest absolute Gasteiger partial charge is 0.336 e. The van der Waals surface area contributed by atoms with Crippen LogP contribution in [0.1, 0.15) is 65.9 Å². The second kappa shape index (κ2) is 26.0. The zero-order valence-corrected chi connectivity index (χ0v) is 44.9. The van der Waals surface area contributed by atoms with Gasteiger partial charge in [-0.1, -0.05) is 84.9 Å². The second-order valence-electron chi connectivity index (χ2n) is 19.2. The Balaban J connectivity index is 0.879. The monoisotopic (exact) mass is 1090 g/mol. The Labute approximate surface area is 473 Å². The Kier molecular flexibility index (Phi) is 17.4. The molecule has 0 saturated carbocycles. The Hall–Kier alpha value is -10.5. The van der Waals surface area contributed by atoms with Crippen LogP contribution in [0.5, 0.6) is 11.5 Å². The molecule has 0 unspecified atom stereocenters. The van der Waals surface area contributed by atoms with Crippen LogP contribution in [0.25, 0.3) is 22.9 Å². The maximum atomic E-state index is 14.7. The van der Waals surface area contributed by atoms with Crippen molar-refractivity contribution in [2.45, 2.75) is 51.6 Å². The number of pyridine rings is 2. The van der Waals surface area contributed by atoms with Gasteiger partial charge < -0.3 is 38.9 Å². The molecule has 0 aliphatic carbocycles. The van der Waals surface area contributed by atoms with E-state index >= 15 is 0 Å². The number of benzene rings is 6. The van der Waals surface area contributed by atoms with Gasteiger partial charge in [0.1, 0.15) is 35.1 Å². The minimum atomic E-state index is -1.23. The molecule has 0 amide bonds. The molecule has 0 radical (unpaired) electrons. The fourth-order valence-electron chi connectivity index (χ4n) is 9.17. The summed E-state index contributed by atoms with van der Waals surface area (Å²) in [7, 11) is 0. The molecule has 410 valence electrons. The summed E-state index contributed by atoms with van der Waals surface area (Å²) >= 11 is 0. The maximum Gasteiger partial charge on any atom is 0.336 e. The second-order valence-corrected chi connectivity index (χ2v) is 19.2. The van der Waals surface area contributed by atoms with Gasteiger partial charge in [-0.15, -0.1) is 0 Å². The van der Waals surface area contributed by atoms with Crippen molar-refractivity contribution in [2.75, 3.05) is 23.8 Å². The summed E-state index contributed by atoms with van der Waals surface area (Å²) in [6.45, 7) is 4.38. The third kappa shape index (κ3) is 13.8. The summed E-state index contributed by atoms with van der Waals surface area (Å²) < 4.78 is 30.6. The van der Waals surface area contributed by atoms with E-state index in [1.54, 1.807) is 97.1 Å². The summed E-state index contributed by atoms with van der Waals surface area (Å²) in [4.78, 5) is 70.8. The number of anilines is 2. The lowest BCUT2D eigenvalue weighted by Gasteiger charge is -2.23. The van der Waals surface area contributed by atoms with Gasteiger partial charge in [-0.25, -0.2) is 19.6 Å². The van der Waals surface area contributed by atoms with E-state index in [1.165, 1.54) is 36.9 Å². The fraction of sp³-hybridized carbons (Fsp3) is 0.152. The van der Waals surface area contributed by atoms with Gasteiger partial charge in [0.05, 0.1) is 24.6 Å². The van der Waals surface area contributed by atoms with Gasteiger partial charge in [0.15, 0.2) is 24.0 Å². The van der Waals surface area contributed by atoms with Gasteiger partial charge in [-0.3, -0.25) is 14.6 Å². The van der Waals surface area contributed by atoms with Crippen LogP contribution < -0.4 is 24.8 Å². The molecule has 6 aromatic carbocycles. The zero-order valence-electron chi connectivity index (χ0n) is 44.9. The number of aryl methyl sites for hydroxylation is 2. The van der Waals surface area contributed by atoms with Crippen molar-refractivity contribution in [2.24, 2.45) is 0 Å². The van der Waals surface area contributed by atoms with Crippen LogP contribution >= 0.6 is 0 Å². The fourth-order valence-corrected chi connectivity index (χ4v) is 9.17. The van der Waals surface area contributed by atoms with Gasteiger partial charge in [-0.2, -0.15) is 4.73 Å². The van der Waals surface area contributed by atoms with E-state index in [-0.39, 0.29) is 41.0 Å². The predicted octanol–water partition coefficient (Wildman–Crippen LogP) is 11.2. The van der Waals surface area contributed by atoms with Gasteiger partial charge in [0.25, 0.3) is 0 Å². The Bertz CT molecular complexity index is 3800. The molecule has 0 bridgehead atoms. The van der Waals surface area contributed by atoms with E-state index in [0.29, 0.717) is 88.0 Å². The van der Waals surface area contributed by atoms with Crippen LogP contribution in [0.2, 0.25) is 0 Å². The molecule has 2 atom stereocenters. The van der Waals surface area contributed by atoms with Gasteiger partial charge in [0.2, 0.25) is 11.8 Å². The zero-order chi connectivity index (χ0) is 56.8. The molecule has 2 N–H and O–H groups in total. The van der Waals surface area contributed by atoms with Crippen molar-refractivity contribution < 1.29 is 47.0 Å². The molecule has 0 fully saturated rings. The van der Waals surface area contributed by atoms with Crippen molar-refractivity contribution in [3.8, 4) is 34.4 Å². The molecule has 0 saturated heterocycles.